The molecule has 0 aromatic heterocycles. The second-order valence-corrected chi connectivity index (χ2v) is 9.95. The molecule has 1 amide bonds. The van der Waals surface area contributed by atoms with Crippen molar-refractivity contribution in [3.05, 3.63) is 48.5 Å². The van der Waals surface area contributed by atoms with Crippen LogP contribution in [-0.2, 0) is 24.8 Å². The molecule has 0 aliphatic heterocycles. The summed E-state index contributed by atoms with van der Waals surface area (Å²) < 4.78 is 58.8. The number of carbonyl (C=O) groups excluding carboxylic acids is 1. The number of sulfonamides is 2. The van der Waals surface area contributed by atoms with Crippen molar-refractivity contribution in [2.75, 3.05) is 19.0 Å². The Morgan fingerprint density at radius 2 is 1.69 bits per heavy atom. The van der Waals surface area contributed by atoms with Gasteiger partial charge in [-0.2, -0.15) is 0 Å². The molecule has 11 heteroatoms. The molecule has 0 atom stereocenters. The van der Waals surface area contributed by atoms with Gasteiger partial charge in [-0.05, 0) is 55.3 Å². The normalized spacial score (nSPS) is 14.4. The van der Waals surface area contributed by atoms with E-state index >= 15 is 0 Å². The molecule has 2 aromatic rings. The van der Waals surface area contributed by atoms with E-state index in [0.717, 1.165) is 12.8 Å². The monoisotopic (exact) mass is 439 g/mol. The molecule has 9 nitrogen and oxygen atoms in total. The van der Waals surface area contributed by atoms with E-state index in [0.29, 0.717) is 5.75 Å². The highest BCUT2D eigenvalue weighted by Crippen LogP contribution is 2.23. The number of nitrogens with one attached hydrogen (secondary N) is 3. The van der Waals surface area contributed by atoms with Gasteiger partial charge in [-0.3, -0.25) is 4.79 Å². The SMILES string of the molecule is COc1ccc(S(=O)(=O)NCC(=O)Nc2cccc(S(=O)(=O)NC3CC3)c2)cc1. The zero-order valence-corrected chi connectivity index (χ0v) is 17.2. The van der Waals surface area contributed by atoms with Crippen molar-refractivity contribution in [3.8, 4) is 5.75 Å². The van der Waals surface area contributed by atoms with Gasteiger partial charge in [0.2, 0.25) is 26.0 Å². The first-order valence-corrected chi connectivity index (χ1v) is 11.7. The number of anilines is 1. The molecular weight excluding hydrogens is 418 g/mol. The molecule has 1 fully saturated rings. The van der Waals surface area contributed by atoms with Gasteiger partial charge < -0.3 is 10.1 Å². The van der Waals surface area contributed by atoms with Crippen LogP contribution in [0.25, 0.3) is 0 Å². The maximum Gasteiger partial charge on any atom is 0.241 e. The number of rotatable bonds is 9. The Labute approximate surface area is 169 Å². The van der Waals surface area contributed by atoms with Crippen molar-refractivity contribution < 1.29 is 26.4 Å². The molecule has 1 aliphatic rings. The number of ether oxygens (including phenoxy) is 1. The fourth-order valence-corrected chi connectivity index (χ4v) is 4.77. The summed E-state index contributed by atoms with van der Waals surface area (Å²) in [6.07, 6.45) is 1.62. The van der Waals surface area contributed by atoms with Gasteiger partial charge in [0, 0.05) is 11.7 Å². The maximum absolute atomic E-state index is 12.3. The van der Waals surface area contributed by atoms with Crippen LogP contribution in [0.5, 0.6) is 5.75 Å². The molecule has 0 radical (unpaired) electrons. The van der Waals surface area contributed by atoms with Crippen molar-refractivity contribution in [1.29, 1.82) is 0 Å². The Morgan fingerprint density at radius 1 is 1.00 bits per heavy atom. The first-order valence-electron chi connectivity index (χ1n) is 8.75. The summed E-state index contributed by atoms with van der Waals surface area (Å²) in [7, 11) is -6.07. The Morgan fingerprint density at radius 3 is 2.31 bits per heavy atom. The number of carbonyl (C=O) groups is 1. The van der Waals surface area contributed by atoms with Gasteiger partial charge >= 0.3 is 0 Å². The van der Waals surface area contributed by atoms with Crippen molar-refractivity contribution in [2.24, 2.45) is 0 Å². The maximum atomic E-state index is 12.3. The predicted molar refractivity (Wildman–Crippen MR) is 107 cm³/mol. The summed E-state index contributed by atoms with van der Waals surface area (Å²) in [5.41, 5.74) is 0.248. The van der Waals surface area contributed by atoms with Crippen molar-refractivity contribution >= 4 is 31.6 Å². The second kappa shape index (κ2) is 8.49. The van der Waals surface area contributed by atoms with Crippen molar-refractivity contribution in [1.82, 2.24) is 9.44 Å². The molecule has 0 unspecified atom stereocenters. The minimum Gasteiger partial charge on any atom is -0.497 e. The lowest BCUT2D eigenvalue weighted by atomic mass is 10.3. The first kappa shape index (κ1) is 21.2. The third kappa shape index (κ3) is 5.76. The minimum absolute atomic E-state index is 0.00894. The summed E-state index contributed by atoms with van der Waals surface area (Å²) in [6.45, 7) is -0.508. The smallest absolute Gasteiger partial charge is 0.241 e. The lowest BCUT2D eigenvalue weighted by molar-refractivity contribution is -0.115. The third-order valence-corrected chi connectivity index (χ3v) is 7.06. The zero-order chi connectivity index (χ0) is 21.1. The number of methoxy groups -OCH3 is 1. The van der Waals surface area contributed by atoms with E-state index in [1.54, 1.807) is 0 Å². The number of benzene rings is 2. The van der Waals surface area contributed by atoms with E-state index < -0.39 is 32.5 Å². The molecule has 3 rings (SSSR count). The summed E-state index contributed by atoms with van der Waals surface area (Å²) in [6, 6.07) is 11.4. The van der Waals surface area contributed by atoms with E-state index in [4.69, 9.17) is 4.74 Å². The van der Waals surface area contributed by atoms with E-state index in [1.165, 1.54) is 55.6 Å². The predicted octanol–water partition coefficient (Wildman–Crippen LogP) is 1.05. The van der Waals surface area contributed by atoms with Gasteiger partial charge in [0.15, 0.2) is 0 Å². The molecule has 0 saturated heterocycles. The summed E-state index contributed by atoms with van der Waals surface area (Å²) in [4.78, 5) is 12.1. The van der Waals surface area contributed by atoms with Gasteiger partial charge in [-0.15, -0.1) is 0 Å². The molecule has 0 heterocycles. The summed E-state index contributed by atoms with van der Waals surface area (Å²) in [5, 5.41) is 2.49. The molecule has 29 heavy (non-hydrogen) atoms. The van der Waals surface area contributed by atoms with Crippen LogP contribution in [0.2, 0.25) is 0 Å². The average Bonchev–Trinajstić information content (AvgIpc) is 3.50. The Hall–Kier alpha value is -2.47. The van der Waals surface area contributed by atoms with Crippen LogP contribution >= 0.6 is 0 Å². The molecule has 156 valence electrons. The zero-order valence-electron chi connectivity index (χ0n) is 15.6. The standard InChI is InChI=1S/C18H21N3O6S2/c1-27-15-7-9-16(10-8-15)28(23,24)19-12-18(22)20-14-3-2-4-17(11-14)29(25,26)21-13-5-6-13/h2-4,7-11,13,19,21H,5-6,12H2,1H3,(H,20,22). The summed E-state index contributed by atoms with van der Waals surface area (Å²) >= 11 is 0. The summed E-state index contributed by atoms with van der Waals surface area (Å²) in [5.74, 6) is -0.125. The van der Waals surface area contributed by atoms with E-state index in [-0.39, 0.29) is 21.5 Å². The van der Waals surface area contributed by atoms with Gasteiger partial charge in [-0.25, -0.2) is 26.3 Å². The lowest BCUT2D eigenvalue weighted by Crippen LogP contribution is -2.33. The highest BCUT2D eigenvalue weighted by atomic mass is 32.2. The lowest BCUT2D eigenvalue weighted by Gasteiger charge is -2.10. The fraction of sp³-hybridized carbons (Fsp3) is 0.278. The van der Waals surface area contributed by atoms with E-state index in [9.17, 15) is 21.6 Å². The molecule has 1 aliphatic carbocycles. The highest BCUT2D eigenvalue weighted by Gasteiger charge is 2.28. The molecule has 3 N–H and O–H groups in total. The van der Waals surface area contributed by atoms with Gasteiger partial charge in [0.25, 0.3) is 0 Å². The van der Waals surface area contributed by atoms with Crippen LogP contribution in [0.3, 0.4) is 0 Å². The molecule has 1 saturated carbocycles. The van der Waals surface area contributed by atoms with Crippen molar-refractivity contribution in [2.45, 2.75) is 28.7 Å². The Balaban J connectivity index is 1.61. The van der Waals surface area contributed by atoms with E-state index in [2.05, 4.69) is 14.8 Å². The average molecular weight is 440 g/mol. The van der Waals surface area contributed by atoms with Crippen LogP contribution < -0.4 is 19.5 Å². The van der Waals surface area contributed by atoms with Crippen LogP contribution in [0.4, 0.5) is 5.69 Å². The van der Waals surface area contributed by atoms with Crippen LogP contribution in [0.1, 0.15) is 12.8 Å². The largest absolute Gasteiger partial charge is 0.497 e. The molecular formula is C18H21N3O6S2. The van der Waals surface area contributed by atoms with Gasteiger partial charge in [0.05, 0.1) is 23.4 Å². The van der Waals surface area contributed by atoms with E-state index in [1.807, 2.05) is 0 Å². The van der Waals surface area contributed by atoms with Gasteiger partial charge in [0.1, 0.15) is 5.75 Å². The topological polar surface area (TPSA) is 131 Å². The quantitative estimate of drug-likeness (QED) is 0.535. The van der Waals surface area contributed by atoms with Crippen LogP contribution in [0.15, 0.2) is 58.3 Å². The van der Waals surface area contributed by atoms with Crippen molar-refractivity contribution in [3.63, 3.8) is 0 Å². The number of amides is 1. The Kier molecular flexibility index (Phi) is 6.22. The fourth-order valence-electron chi connectivity index (χ4n) is 2.43. The second-order valence-electron chi connectivity index (χ2n) is 6.47. The first-order chi connectivity index (χ1) is 13.7. The highest BCUT2D eigenvalue weighted by molar-refractivity contribution is 7.89. The van der Waals surface area contributed by atoms with Crippen LogP contribution in [-0.4, -0.2) is 42.4 Å². The Bertz CT molecular complexity index is 1090. The molecule has 2 aromatic carbocycles. The van der Waals surface area contributed by atoms with Gasteiger partial charge in [-0.1, -0.05) is 6.07 Å². The molecule has 0 spiro atoms. The minimum atomic E-state index is -3.88. The van der Waals surface area contributed by atoms with Crippen LogP contribution in [0, 0.1) is 0 Å². The number of hydrogen-bond donors (Lipinski definition) is 3. The third-order valence-electron chi connectivity index (χ3n) is 4.12. The number of hydrogen-bond acceptors (Lipinski definition) is 6. The molecule has 0 bridgehead atoms.